The number of aryl methyl sites for hydroxylation is 1. The van der Waals surface area contributed by atoms with E-state index in [0.29, 0.717) is 17.3 Å². The molecule has 0 saturated heterocycles. The summed E-state index contributed by atoms with van der Waals surface area (Å²) >= 11 is 1.08. The Bertz CT molecular complexity index is 557. The minimum atomic E-state index is -0.531. The number of hydrogen-bond donors (Lipinski definition) is 3. The van der Waals surface area contributed by atoms with Crippen LogP contribution in [0.4, 0.5) is 4.79 Å². The number of nitrogens with one attached hydrogen (secondary N) is 3. The molecule has 1 heterocycles. The Morgan fingerprint density at radius 2 is 2.14 bits per heavy atom. The Hall–Kier alpha value is -1.83. The monoisotopic (exact) mass is 312 g/mol. The molecule has 3 N–H and O–H groups in total. The number of hydrogen-bond acceptors (Lipinski definition) is 5. The minimum Gasteiger partial charge on any atom is -0.336 e. The predicted octanol–water partition coefficient (Wildman–Crippen LogP) is 1.05. The molecule has 7 nitrogen and oxygen atoms in total. The van der Waals surface area contributed by atoms with Crippen molar-refractivity contribution < 1.29 is 9.59 Å². The van der Waals surface area contributed by atoms with E-state index in [1.165, 1.54) is 6.07 Å². The molecule has 0 unspecified atom stereocenters. The second-order valence-electron chi connectivity index (χ2n) is 4.76. The molecule has 116 valence electrons. The zero-order valence-corrected chi connectivity index (χ0v) is 13.2. The van der Waals surface area contributed by atoms with Crippen LogP contribution in [-0.4, -0.2) is 33.7 Å². The van der Waals surface area contributed by atoms with E-state index in [4.69, 9.17) is 0 Å². The summed E-state index contributed by atoms with van der Waals surface area (Å²) in [7, 11) is 0. The maximum absolute atomic E-state index is 11.6. The van der Waals surface area contributed by atoms with Crippen molar-refractivity contribution in [3.8, 4) is 0 Å². The van der Waals surface area contributed by atoms with Crippen LogP contribution in [-0.2, 0) is 11.2 Å². The molecular weight excluding hydrogens is 292 g/mol. The molecule has 0 bridgehead atoms. The van der Waals surface area contributed by atoms with Crippen molar-refractivity contribution >= 4 is 23.7 Å². The molecule has 3 amide bonds. The Morgan fingerprint density at radius 1 is 1.43 bits per heavy atom. The summed E-state index contributed by atoms with van der Waals surface area (Å²) in [6.07, 6.45) is 1.59. The number of rotatable bonds is 6. The van der Waals surface area contributed by atoms with Crippen LogP contribution in [0.5, 0.6) is 0 Å². The van der Waals surface area contributed by atoms with Crippen LogP contribution in [0.2, 0.25) is 0 Å². The summed E-state index contributed by atoms with van der Waals surface area (Å²) < 4.78 is 0. The number of aromatic amines is 1. The van der Waals surface area contributed by atoms with Gasteiger partial charge < -0.3 is 10.3 Å². The van der Waals surface area contributed by atoms with Crippen molar-refractivity contribution in [3.05, 3.63) is 22.1 Å². The summed E-state index contributed by atoms with van der Waals surface area (Å²) in [4.78, 5) is 41.2. The summed E-state index contributed by atoms with van der Waals surface area (Å²) in [5.41, 5.74) is 0.454. The molecule has 0 radical (unpaired) electrons. The Labute approximate surface area is 127 Å². The smallest absolute Gasteiger partial charge is 0.321 e. The van der Waals surface area contributed by atoms with Gasteiger partial charge in [0.1, 0.15) is 0 Å². The van der Waals surface area contributed by atoms with E-state index in [9.17, 15) is 14.4 Å². The molecule has 21 heavy (non-hydrogen) atoms. The highest BCUT2D eigenvalue weighted by Gasteiger charge is 2.10. The zero-order valence-electron chi connectivity index (χ0n) is 12.4. The van der Waals surface area contributed by atoms with E-state index in [2.05, 4.69) is 20.6 Å². The number of imide groups is 1. The van der Waals surface area contributed by atoms with Crippen molar-refractivity contribution in [3.63, 3.8) is 0 Å². The largest absolute Gasteiger partial charge is 0.336 e. The van der Waals surface area contributed by atoms with E-state index in [1.807, 2.05) is 6.92 Å². The lowest BCUT2D eigenvalue weighted by Crippen LogP contribution is -2.43. The lowest BCUT2D eigenvalue weighted by atomic mass is 10.2. The number of aromatic nitrogens is 2. The van der Waals surface area contributed by atoms with Crippen molar-refractivity contribution in [2.24, 2.45) is 0 Å². The van der Waals surface area contributed by atoms with Crippen LogP contribution in [0, 0.1) is 0 Å². The molecule has 0 fully saturated rings. The molecule has 0 atom stereocenters. The number of amides is 3. The molecule has 1 rings (SSSR count). The van der Waals surface area contributed by atoms with Gasteiger partial charge in [-0.3, -0.25) is 14.9 Å². The number of thioether (sulfide) groups is 1. The highest BCUT2D eigenvalue weighted by atomic mass is 32.2. The third-order valence-electron chi connectivity index (χ3n) is 2.29. The number of carbonyl (C=O) groups excluding carboxylic acids is 2. The topological polar surface area (TPSA) is 104 Å². The van der Waals surface area contributed by atoms with Crippen molar-refractivity contribution in [1.82, 2.24) is 20.6 Å². The third-order valence-corrected chi connectivity index (χ3v) is 3.17. The first kappa shape index (κ1) is 17.2. The zero-order chi connectivity index (χ0) is 15.8. The van der Waals surface area contributed by atoms with Gasteiger partial charge in [-0.15, -0.1) is 0 Å². The van der Waals surface area contributed by atoms with Crippen molar-refractivity contribution in [1.29, 1.82) is 0 Å². The van der Waals surface area contributed by atoms with Gasteiger partial charge in [-0.25, -0.2) is 9.78 Å². The van der Waals surface area contributed by atoms with Crippen LogP contribution >= 0.6 is 11.8 Å². The fraction of sp³-hybridized carbons (Fsp3) is 0.538. The molecule has 0 aromatic carbocycles. The van der Waals surface area contributed by atoms with Gasteiger partial charge in [-0.2, -0.15) is 0 Å². The average Bonchev–Trinajstić information content (AvgIpc) is 2.35. The summed E-state index contributed by atoms with van der Waals surface area (Å²) in [6.45, 7) is 5.59. The summed E-state index contributed by atoms with van der Waals surface area (Å²) in [6, 6.07) is 0.870. The second kappa shape index (κ2) is 8.46. The molecule has 0 aliphatic carbocycles. The molecule has 0 aliphatic rings. The maximum Gasteiger partial charge on any atom is 0.321 e. The van der Waals surface area contributed by atoms with Crippen molar-refractivity contribution in [2.45, 2.75) is 44.8 Å². The summed E-state index contributed by atoms with van der Waals surface area (Å²) in [5.74, 6) is -0.439. The molecule has 8 heteroatoms. The van der Waals surface area contributed by atoms with Crippen LogP contribution < -0.4 is 16.2 Å². The predicted molar refractivity (Wildman–Crippen MR) is 81.4 cm³/mol. The van der Waals surface area contributed by atoms with Crippen LogP contribution in [0.1, 0.15) is 32.9 Å². The highest BCUT2D eigenvalue weighted by Crippen LogP contribution is 2.11. The van der Waals surface area contributed by atoms with Gasteiger partial charge >= 0.3 is 6.03 Å². The quantitative estimate of drug-likeness (QED) is 0.538. The molecule has 0 saturated carbocycles. The Balaban J connectivity index is 2.53. The third kappa shape index (κ3) is 6.94. The minimum absolute atomic E-state index is 0.00400. The standard InChI is InChI=1S/C13H20N4O3S/c1-4-5-9-6-10(18)17-13(15-9)21-7-11(19)16-12(20)14-8(2)3/h6,8H,4-5,7H2,1-3H3,(H,15,17,18)(H2,14,16,19,20). The van der Waals surface area contributed by atoms with Crippen LogP contribution in [0.25, 0.3) is 0 Å². The fourth-order valence-electron chi connectivity index (χ4n) is 1.53. The van der Waals surface area contributed by atoms with Gasteiger partial charge in [0, 0.05) is 17.8 Å². The SMILES string of the molecule is CCCc1cc(=O)[nH]c(SCC(=O)NC(=O)NC(C)C)n1. The second-order valence-corrected chi connectivity index (χ2v) is 5.72. The van der Waals surface area contributed by atoms with Gasteiger partial charge in [-0.1, -0.05) is 25.1 Å². The lowest BCUT2D eigenvalue weighted by Gasteiger charge is -2.08. The van der Waals surface area contributed by atoms with Crippen LogP contribution in [0.3, 0.4) is 0 Å². The molecule has 1 aromatic rings. The first-order chi connectivity index (χ1) is 9.90. The first-order valence-electron chi connectivity index (χ1n) is 6.74. The Morgan fingerprint density at radius 3 is 2.76 bits per heavy atom. The summed E-state index contributed by atoms with van der Waals surface area (Å²) in [5, 5.41) is 5.14. The van der Waals surface area contributed by atoms with E-state index in [1.54, 1.807) is 13.8 Å². The molecule has 0 aliphatic heterocycles. The normalized spacial score (nSPS) is 10.5. The fourth-order valence-corrected chi connectivity index (χ4v) is 2.23. The maximum atomic E-state index is 11.6. The van der Waals surface area contributed by atoms with Crippen molar-refractivity contribution in [2.75, 3.05) is 5.75 Å². The molecule has 1 aromatic heterocycles. The van der Waals surface area contributed by atoms with E-state index in [0.717, 1.165) is 18.2 Å². The van der Waals surface area contributed by atoms with Gasteiger partial charge in [-0.05, 0) is 20.3 Å². The van der Waals surface area contributed by atoms with Gasteiger partial charge in [0.25, 0.3) is 5.56 Å². The molecule has 0 spiro atoms. The van der Waals surface area contributed by atoms with Gasteiger partial charge in [0.15, 0.2) is 5.16 Å². The lowest BCUT2D eigenvalue weighted by molar-refractivity contribution is -0.117. The average molecular weight is 312 g/mol. The first-order valence-corrected chi connectivity index (χ1v) is 7.72. The number of H-pyrrole nitrogens is 1. The number of urea groups is 1. The highest BCUT2D eigenvalue weighted by molar-refractivity contribution is 7.99. The Kier molecular flexibility index (Phi) is 6.93. The van der Waals surface area contributed by atoms with Gasteiger partial charge in [0.2, 0.25) is 5.91 Å². The van der Waals surface area contributed by atoms with E-state index in [-0.39, 0.29) is 17.4 Å². The van der Waals surface area contributed by atoms with Crippen LogP contribution in [0.15, 0.2) is 16.0 Å². The number of carbonyl (C=O) groups is 2. The van der Waals surface area contributed by atoms with E-state index < -0.39 is 11.9 Å². The number of nitrogens with zero attached hydrogens (tertiary/aromatic N) is 1. The van der Waals surface area contributed by atoms with E-state index >= 15 is 0 Å². The molecular formula is C13H20N4O3S. The van der Waals surface area contributed by atoms with Gasteiger partial charge in [0.05, 0.1) is 5.75 Å².